The summed E-state index contributed by atoms with van der Waals surface area (Å²) in [7, 11) is 0. The summed E-state index contributed by atoms with van der Waals surface area (Å²) in [6.07, 6.45) is 1.63. The highest BCUT2D eigenvalue weighted by Gasteiger charge is 2.16. The minimum atomic E-state index is 0.196. The number of rotatable bonds is 8. The maximum absolute atomic E-state index is 11.7. The molecule has 128 valence electrons. The Balaban J connectivity index is 1.57. The van der Waals surface area contributed by atoms with Gasteiger partial charge in [-0.2, -0.15) is 0 Å². The molecule has 0 unspecified atom stereocenters. The molecular weight excluding hydrogens is 286 g/mol. The van der Waals surface area contributed by atoms with E-state index in [-0.39, 0.29) is 5.91 Å². The van der Waals surface area contributed by atoms with E-state index < -0.39 is 0 Å². The van der Waals surface area contributed by atoms with Crippen molar-refractivity contribution in [1.82, 2.24) is 15.1 Å². The van der Waals surface area contributed by atoms with Gasteiger partial charge in [0, 0.05) is 52.2 Å². The number of carbonyl (C=O) groups is 1. The Morgan fingerprint density at radius 1 is 1.09 bits per heavy atom. The van der Waals surface area contributed by atoms with Crippen LogP contribution in [0.4, 0.5) is 0 Å². The Morgan fingerprint density at radius 3 is 2.39 bits per heavy atom. The molecule has 0 spiro atoms. The fraction of sp³-hybridized carbons (Fsp3) is 0.632. The lowest BCUT2D eigenvalue weighted by Crippen LogP contribution is -2.48. The van der Waals surface area contributed by atoms with Crippen molar-refractivity contribution in [3.8, 4) is 0 Å². The van der Waals surface area contributed by atoms with Gasteiger partial charge in [-0.15, -0.1) is 0 Å². The van der Waals surface area contributed by atoms with Crippen molar-refractivity contribution < 1.29 is 4.79 Å². The molecule has 1 aromatic rings. The van der Waals surface area contributed by atoms with Crippen LogP contribution in [0.2, 0.25) is 0 Å². The van der Waals surface area contributed by atoms with Crippen LogP contribution in [-0.2, 0) is 11.3 Å². The lowest BCUT2D eigenvalue weighted by atomic mass is 10.1. The van der Waals surface area contributed by atoms with E-state index in [1.54, 1.807) is 0 Å². The molecule has 1 saturated heterocycles. The van der Waals surface area contributed by atoms with Gasteiger partial charge in [-0.05, 0) is 17.9 Å². The van der Waals surface area contributed by atoms with Crippen molar-refractivity contribution in [2.45, 2.75) is 33.2 Å². The Hall–Kier alpha value is -1.39. The molecule has 0 radical (unpaired) electrons. The van der Waals surface area contributed by atoms with E-state index in [0.29, 0.717) is 12.3 Å². The van der Waals surface area contributed by atoms with Gasteiger partial charge in [-0.25, -0.2) is 0 Å². The molecule has 1 amide bonds. The van der Waals surface area contributed by atoms with E-state index in [0.717, 1.165) is 52.2 Å². The summed E-state index contributed by atoms with van der Waals surface area (Å²) in [6, 6.07) is 10.7. The third-order valence-corrected chi connectivity index (χ3v) is 4.41. The third kappa shape index (κ3) is 7.14. The Kier molecular flexibility index (Phi) is 7.56. The molecule has 1 heterocycles. The summed E-state index contributed by atoms with van der Waals surface area (Å²) in [5.41, 5.74) is 1.39. The Morgan fingerprint density at radius 2 is 1.74 bits per heavy atom. The minimum absolute atomic E-state index is 0.196. The smallest absolute Gasteiger partial charge is 0.220 e. The van der Waals surface area contributed by atoms with Crippen LogP contribution >= 0.6 is 0 Å². The number of benzene rings is 1. The first-order chi connectivity index (χ1) is 11.1. The second-order valence-corrected chi connectivity index (χ2v) is 6.89. The Labute approximate surface area is 140 Å². The second-order valence-electron chi connectivity index (χ2n) is 6.89. The third-order valence-electron chi connectivity index (χ3n) is 4.41. The van der Waals surface area contributed by atoms with E-state index in [1.165, 1.54) is 5.56 Å². The maximum atomic E-state index is 11.7. The molecule has 1 fully saturated rings. The highest BCUT2D eigenvalue weighted by molar-refractivity contribution is 5.75. The molecule has 4 nitrogen and oxygen atoms in total. The summed E-state index contributed by atoms with van der Waals surface area (Å²) in [6.45, 7) is 11.5. The maximum Gasteiger partial charge on any atom is 0.220 e. The van der Waals surface area contributed by atoms with Crippen LogP contribution in [0.15, 0.2) is 30.3 Å². The zero-order valence-electron chi connectivity index (χ0n) is 14.6. The number of piperazine rings is 1. The van der Waals surface area contributed by atoms with Gasteiger partial charge in [0.15, 0.2) is 0 Å². The van der Waals surface area contributed by atoms with E-state index in [9.17, 15) is 4.79 Å². The summed E-state index contributed by atoms with van der Waals surface area (Å²) in [4.78, 5) is 16.7. The SMILES string of the molecule is CC(C)CCC(=O)NCCN1CCN(Cc2ccccc2)CC1. The van der Waals surface area contributed by atoms with Crippen LogP contribution in [0.25, 0.3) is 0 Å². The van der Waals surface area contributed by atoms with Crippen molar-refractivity contribution in [1.29, 1.82) is 0 Å². The minimum Gasteiger partial charge on any atom is -0.355 e. The van der Waals surface area contributed by atoms with Crippen LogP contribution in [0.5, 0.6) is 0 Å². The van der Waals surface area contributed by atoms with Crippen molar-refractivity contribution in [2.75, 3.05) is 39.3 Å². The molecule has 0 bridgehead atoms. The van der Waals surface area contributed by atoms with Gasteiger partial charge in [-0.1, -0.05) is 44.2 Å². The van der Waals surface area contributed by atoms with Crippen molar-refractivity contribution >= 4 is 5.91 Å². The summed E-state index contributed by atoms with van der Waals surface area (Å²) >= 11 is 0. The first-order valence-corrected chi connectivity index (χ1v) is 8.89. The largest absolute Gasteiger partial charge is 0.355 e. The number of nitrogens with zero attached hydrogens (tertiary/aromatic N) is 2. The normalized spacial score (nSPS) is 16.7. The monoisotopic (exact) mass is 317 g/mol. The summed E-state index contributed by atoms with van der Waals surface area (Å²) < 4.78 is 0. The van der Waals surface area contributed by atoms with Crippen LogP contribution in [0, 0.1) is 5.92 Å². The topological polar surface area (TPSA) is 35.6 Å². The van der Waals surface area contributed by atoms with E-state index in [4.69, 9.17) is 0 Å². The first-order valence-electron chi connectivity index (χ1n) is 8.89. The first kappa shape index (κ1) is 18.0. The molecule has 4 heteroatoms. The van der Waals surface area contributed by atoms with Gasteiger partial charge in [0.25, 0.3) is 0 Å². The molecular formula is C19H31N3O. The standard InChI is InChI=1S/C19H31N3O/c1-17(2)8-9-19(23)20-10-11-21-12-14-22(15-13-21)16-18-6-4-3-5-7-18/h3-7,17H,8-16H2,1-2H3,(H,20,23). The summed E-state index contributed by atoms with van der Waals surface area (Å²) in [5, 5.41) is 3.04. The van der Waals surface area contributed by atoms with Gasteiger partial charge in [0.05, 0.1) is 0 Å². The zero-order chi connectivity index (χ0) is 16.5. The van der Waals surface area contributed by atoms with Gasteiger partial charge in [0.2, 0.25) is 5.91 Å². The van der Waals surface area contributed by atoms with Crippen LogP contribution in [0.1, 0.15) is 32.3 Å². The number of carbonyl (C=O) groups excluding carboxylic acids is 1. The fourth-order valence-electron chi connectivity index (χ4n) is 2.87. The molecule has 0 aromatic heterocycles. The van der Waals surface area contributed by atoms with Crippen LogP contribution in [0.3, 0.4) is 0 Å². The fourth-order valence-corrected chi connectivity index (χ4v) is 2.87. The average Bonchev–Trinajstić information content (AvgIpc) is 2.55. The molecule has 23 heavy (non-hydrogen) atoms. The predicted molar refractivity (Wildman–Crippen MR) is 95.2 cm³/mol. The summed E-state index contributed by atoms with van der Waals surface area (Å²) in [5.74, 6) is 0.792. The molecule has 0 aliphatic carbocycles. The molecule has 0 saturated carbocycles. The lowest BCUT2D eigenvalue weighted by molar-refractivity contribution is -0.121. The van der Waals surface area contributed by atoms with Crippen molar-refractivity contribution in [3.63, 3.8) is 0 Å². The molecule has 0 atom stereocenters. The average molecular weight is 317 g/mol. The molecule has 1 aromatic carbocycles. The second kappa shape index (κ2) is 9.68. The van der Waals surface area contributed by atoms with Crippen LogP contribution < -0.4 is 5.32 Å². The predicted octanol–water partition coefficient (Wildman–Crippen LogP) is 2.36. The molecule has 1 aliphatic rings. The highest BCUT2D eigenvalue weighted by Crippen LogP contribution is 2.08. The van der Waals surface area contributed by atoms with Crippen molar-refractivity contribution in [2.24, 2.45) is 5.92 Å². The van der Waals surface area contributed by atoms with E-state index >= 15 is 0 Å². The van der Waals surface area contributed by atoms with Crippen molar-refractivity contribution in [3.05, 3.63) is 35.9 Å². The Bertz CT molecular complexity index is 453. The quantitative estimate of drug-likeness (QED) is 0.799. The molecule has 1 N–H and O–H groups in total. The highest BCUT2D eigenvalue weighted by atomic mass is 16.1. The lowest BCUT2D eigenvalue weighted by Gasteiger charge is -2.34. The number of amides is 1. The molecule has 2 rings (SSSR count). The van der Waals surface area contributed by atoms with Crippen LogP contribution in [-0.4, -0.2) is 55.0 Å². The number of hydrogen-bond donors (Lipinski definition) is 1. The zero-order valence-corrected chi connectivity index (χ0v) is 14.6. The molecule has 1 aliphatic heterocycles. The van der Waals surface area contributed by atoms with Gasteiger partial charge in [-0.3, -0.25) is 14.6 Å². The number of hydrogen-bond acceptors (Lipinski definition) is 3. The van der Waals surface area contributed by atoms with E-state index in [1.807, 2.05) is 0 Å². The van der Waals surface area contributed by atoms with Gasteiger partial charge >= 0.3 is 0 Å². The van der Waals surface area contributed by atoms with Gasteiger partial charge < -0.3 is 5.32 Å². The van der Waals surface area contributed by atoms with Gasteiger partial charge in [0.1, 0.15) is 0 Å². The van der Waals surface area contributed by atoms with E-state index in [2.05, 4.69) is 59.3 Å². The number of nitrogens with one attached hydrogen (secondary N) is 1.